The molecule has 0 radical (unpaired) electrons. The SMILES string of the molecule is CC(=N)/C(=C(/C)Nc1ccccc1)N(C)C(=O)CO. The van der Waals surface area contributed by atoms with E-state index in [0.717, 1.165) is 5.69 Å². The van der Waals surface area contributed by atoms with Crippen molar-refractivity contribution in [2.75, 3.05) is 19.0 Å². The normalized spacial score (nSPS) is 11.6. The molecular weight excluding hydrogens is 242 g/mol. The minimum absolute atomic E-state index is 0.255. The number of hydrogen-bond donors (Lipinski definition) is 3. The van der Waals surface area contributed by atoms with Crippen molar-refractivity contribution in [1.82, 2.24) is 4.90 Å². The fourth-order valence-corrected chi connectivity index (χ4v) is 1.81. The van der Waals surface area contributed by atoms with Gasteiger partial charge in [-0.15, -0.1) is 0 Å². The summed E-state index contributed by atoms with van der Waals surface area (Å²) in [5.74, 6) is -0.448. The van der Waals surface area contributed by atoms with E-state index in [0.29, 0.717) is 11.4 Å². The molecule has 0 aliphatic carbocycles. The van der Waals surface area contributed by atoms with Crippen molar-refractivity contribution in [2.45, 2.75) is 13.8 Å². The number of rotatable bonds is 5. The van der Waals surface area contributed by atoms with Crippen LogP contribution in [0.5, 0.6) is 0 Å². The van der Waals surface area contributed by atoms with Crippen LogP contribution >= 0.6 is 0 Å². The third-order valence-corrected chi connectivity index (χ3v) is 2.66. The van der Waals surface area contributed by atoms with E-state index in [4.69, 9.17) is 10.5 Å². The Morgan fingerprint density at radius 2 is 1.89 bits per heavy atom. The number of hydrogen-bond acceptors (Lipinski definition) is 4. The summed E-state index contributed by atoms with van der Waals surface area (Å²) in [4.78, 5) is 12.8. The van der Waals surface area contributed by atoms with E-state index in [2.05, 4.69) is 5.32 Å². The lowest BCUT2D eigenvalue weighted by molar-refractivity contribution is -0.130. The molecule has 0 bridgehead atoms. The number of allylic oxidation sites excluding steroid dienone is 2. The Morgan fingerprint density at radius 3 is 2.37 bits per heavy atom. The maximum atomic E-state index is 11.5. The van der Waals surface area contributed by atoms with E-state index in [-0.39, 0.29) is 5.71 Å². The van der Waals surface area contributed by atoms with E-state index in [9.17, 15) is 4.79 Å². The fourth-order valence-electron chi connectivity index (χ4n) is 1.81. The summed E-state index contributed by atoms with van der Waals surface area (Å²) in [6, 6.07) is 9.50. The molecule has 1 aromatic carbocycles. The van der Waals surface area contributed by atoms with E-state index in [1.807, 2.05) is 30.3 Å². The minimum atomic E-state index is -0.577. The maximum absolute atomic E-state index is 11.5. The first-order valence-electron chi connectivity index (χ1n) is 5.93. The van der Waals surface area contributed by atoms with Crippen molar-refractivity contribution in [3.8, 4) is 0 Å². The highest BCUT2D eigenvalue weighted by molar-refractivity contribution is 6.00. The van der Waals surface area contributed by atoms with Gasteiger partial charge in [-0.05, 0) is 26.0 Å². The molecule has 1 amide bonds. The van der Waals surface area contributed by atoms with E-state index >= 15 is 0 Å². The predicted octanol–water partition coefficient (Wildman–Crippen LogP) is 1.82. The standard InChI is InChI=1S/C14H19N3O2/c1-10(15)14(17(3)13(19)9-18)11(2)16-12-7-5-4-6-8-12/h4-8,15-16,18H,9H2,1-3H3/b14-11+,15-10?. The Bertz CT molecular complexity index is 495. The molecule has 0 aliphatic rings. The Hall–Kier alpha value is -2.14. The van der Waals surface area contributed by atoms with Crippen LogP contribution in [0.1, 0.15) is 13.8 Å². The molecule has 1 aromatic rings. The molecule has 5 heteroatoms. The lowest BCUT2D eigenvalue weighted by Crippen LogP contribution is -2.33. The smallest absolute Gasteiger partial charge is 0.252 e. The Morgan fingerprint density at radius 1 is 1.32 bits per heavy atom. The molecule has 19 heavy (non-hydrogen) atoms. The van der Waals surface area contributed by atoms with E-state index in [1.54, 1.807) is 20.9 Å². The third kappa shape index (κ3) is 3.93. The van der Waals surface area contributed by atoms with E-state index < -0.39 is 12.5 Å². The van der Waals surface area contributed by atoms with Gasteiger partial charge in [-0.2, -0.15) is 0 Å². The number of benzene rings is 1. The van der Waals surface area contributed by atoms with Gasteiger partial charge in [-0.25, -0.2) is 0 Å². The van der Waals surface area contributed by atoms with Crippen molar-refractivity contribution in [3.63, 3.8) is 0 Å². The number of carbonyl (C=O) groups excluding carboxylic acids is 1. The van der Waals surface area contributed by atoms with Crippen LogP contribution in [-0.4, -0.2) is 35.3 Å². The molecule has 0 aromatic heterocycles. The largest absolute Gasteiger partial charge is 0.387 e. The fraction of sp³-hybridized carbons (Fsp3) is 0.286. The number of aliphatic hydroxyl groups is 1. The first-order chi connectivity index (χ1) is 8.97. The molecule has 0 saturated heterocycles. The number of para-hydroxylation sites is 1. The van der Waals surface area contributed by atoms with Gasteiger partial charge in [0.1, 0.15) is 6.61 Å². The molecule has 0 heterocycles. The van der Waals surface area contributed by atoms with Gasteiger partial charge in [0.05, 0.1) is 11.4 Å². The van der Waals surface area contributed by atoms with Crippen LogP contribution in [0.2, 0.25) is 0 Å². The van der Waals surface area contributed by atoms with Crippen molar-refractivity contribution >= 4 is 17.3 Å². The van der Waals surface area contributed by atoms with Gasteiger partial charge in [0, 0.05) is 18.4 Å². The summed E-state index contributed by atoms with van der Waals surface area (Å²) in [5, 5.41) is 19.8. The highest BCUT2D eigenvalue weighted by Gasteiger charge is 2.17. The number of amides is 1. The summed E-state index contributed by atoms with van der Waals surface area (Å²) in [5.41, 5.74) is 2.28. The topological polar surface area (TPSA) is 76.4 Å². The highest BCUT2D eigenvalue weighted by Crippen LogP contribution is 2.15. The Labute approximate surface area is 113 Å². The van der Waals surface area contributed by atoms with Crippen LogP contribution in [0.4, 0.5) is 5.69 Å². The zero-order chi connectivity index (χ0) is 14.4. The number of aliphatic hydroxyl groups excluding tert-OH is 1. The molecular formula is C14H19N3O2. The number of carbonyl (C=O) groups is 1. The molecule has 5 nitrogen and oxygen atoms in total. The van der Waals surface area contributed by atoms with Gasteiger partial charge in [0.2, 0.25) is 0 Å². The van der Waals surface area contributed by atoms with Crippen molar-refractivity contribution in [2.24, 2.45) is 0 Å². The second kappa shape index (κ2) is 6.70. The van der Waals surface area contributed by atoms with Crippen molar-refractivity contribution in [1.29, 1.82) is 5.41 Å². The van der Waals surface area contributed by atoms with Crippen molar-refractivity contribution < 1.29 is 9.90 Å². The summed E-state index contributed by atoms with van der Waals surface area (Å²) >= 11 is 0. The first kappa shape index (κ1) is 14.9. The number of anilines is 1. The zero-order valence-electron chi connectivity index (χ0n) is 11.4. The molecule has 102 valence electrons. The molecule has 0 unspecified atom stereocenters. The lowest BCUT2D eigenvalue weighted by atomic mass is 10.2. The van der Waals surface area contributed by atoms with Gasteiger partial charge < -0.3 is 20.7 Å². The van der Waals surface area contributed by atoms with Crippen LogP contribution in [0.3, 0.4) is 0 Å². The molecule has 1 rings (SSSR count). The van der Waals surface area contributed by atoms with Gasteiger partial charge in [0.15, 0.2) is 0 Å². The highest BCUT2D eigenvalue weighted by atomic mass is 16.3. The molecule has 0 saturated carbocycles. The van der Waals surface area contributed by atoms with Gasteiger partial charge in [-0.3, -0.25) is 4.79 Å². The third-order valence-electron chi connectivity index (χ3n) is 2.66. The van der Waals surface area contributed by atoms with Gasteiger partial charge in [0.25, 0.3) is 5.91 Å². The molecule has 0 atom stereocenters. The summed E-state index contributed by atoms with van der Waals surface area (Å²) in [7, 11) is 1.54. The number of nitrogens with one attached hydrogen (secondary N) is 2. The predicted molar refractivity (Wildman–Crippen MR) is 76.0 cm³/mol. The second-order valence-electron chi connectivity index (χ2n) is 4.20. The Balaban J connectivity index is 3.05. The van der Waals surface area contributed by atoms with Crippen molar-refractivity contribution in [3.05, 3.63) is 41.7 Å². The number of likely N-dealkylation sites (N-methyl/N-ethyl adjacent to an activating group) is 1. The maximum Gasteiger partial charge on any atom is 0.252 e. The number of nitrogens with zero attached hydrogens (tertiary/aromatic N) is 1. The van der Waals surface area contributed by atoms with Crippen LogP contribution < -0.4 is 5.32 Å². The van der Waals surface area contributed by atoms with E-state index in [1.165, 1.54) is 4.90 Å². The molecule has 0 spiro atoms. The molecule has 0 fully saturated rings. The molecule has 0 aliphatic heterocycles. The minimum Gasteiger partial charge on any atom is -0.387 e. The summed E-state index contributed by atoms with van der Waals surface area (Å²) in [6.07, 6.45) is 0. The average molecular weight is 261 g/mol. The average Bonchev–Trinajstić information content (AvgIpc) is 2.38. The quantitative estimate of drug-likeness (QED) is 0.708. The monoisotopic (exact) mass is 261 g/mol. The van der Waals surface area contributed by atoms with Crippen LogP contribution in [0, 0.1) is 5.41 Å². The first-order valence-corrected chi connectivity index (χ1v) is 5.93. The lowest BCUT2D eigenvalue weighted by Gasteiger charge is -2.22. The summed E-state index contributed by atoms with van der Waals surface area (Å²) in [6.45, 7) is 2.82. The molecule has 3 N–H and O–H groups in total. The Kier molecular flexibility index (Phi) is 5.26. The van der Waals surface area contributed by atoms with Gasteiger partial charge in [-0.1, -0.05) is 18.2 Å². The van der Waals surface area contributed by atoms with Crippen LogP contribution in [-0.2, 0) is 4.79 Å². The van der Waals surface area contributed by atoms with Gasteiger partial charge >= 0.3 is 0 Å². The van der Waals surface area contributed by atoms with Crippen LogP contribution in [0.25, 0.3) is 0 Å². The second-order valence-corrected chi connectivity index (χ2v) is 4.20. The zero-order valence-corrected chi connectivity index (χ0v) is 11.4. The van der Waals surface area contributed by atoms with Crippen LogP contribution in [0.15, 0.2) is 41.7 Å². The summed E-state index contributed by atoms with van der Waals surface area (Å²) < 4.78 is 0.